The van der Waals surface area contributed by atoms with E-state index in [0.29, 0.717) is 11.2 Å². The number of aromatic nitrogens is 2. The first-order chi connectivity index (χ1) is 12.3. The van der Waals surface area contributed by atoms with Crippen LogP contribution in [0.4, 0.5) is 11.4 Å². The maximum Gasteiger partial charge on any atom is 0.328 e. The van der Waals surface area contributed by atoms with Gasteiger partial charge in [0, 0.05) is 34.3 Å². The van der Waals surface area contributed by atoms with Crippen LogP contribution in [0.25, 0.3) is 11.0 Å². The molecule has 1 aliphatic heterocycles. The van der Waals surface area contributed by atoms with Gasteiger partial charge in [-0.1, -0.05) is 0 Å². The Kier molecular flexibility index (Phi) is 4.33. The quantitative estimate of drug-likeness (QED) is 0.705. The maximum atomic E-state index is 12.4. The Bertz CT molecular complexity index is 999. The molecule has 9 heteroatoms. The maximum absolute atomic E-state index is 12.4. The fourth-order valence-electron chi connectivity index (χ4n) is 3.06. The predicted octanol–water partition coefficient (Wildman–Crippen LogP) is -0.400. The molecule has 0 aliphatic carbocycles. The number of imide groups is 1. The van der Waals surface area contributed by atoms with E-state index in [1.54, 1.807) is 24.7 Å². The topological polar surface area (TPSA) is 99.8 Å². The molecule has 2 amide bonds. The lowest BCUT2D eigenvalue weighted by Crippen LogP contribution is -2.34. The van der Waals surface area contributed by atoms with E-state index >= 15 is 0 Å². The fourth-order valence-corrected chi connectivity index (χ4v) is 3.06. The van der Waals surface area contributed by atoms with Gasteiger partial charge in [-0.05, 0) is 12.1 Å². The highest BCUT2D eigenvalue weighted by molar-refractivity contribution is 6.17. The first-order valence-corrected chi connectivity index (χ1v) is 8.08. The van der Waals surface area contributed by atoms with Crippen LogP contribution in [0, 0.1) is 0 Å². The molecule has 1 aromatic heterocycles. The summed E-state index contributed by atoms with van der Waals surface area (Å²) in [5.41, 5.74) is 2.81. The second-order valence-corrected chi connectivity index (χ2v) is 6.35. The number of carbonyl (C=O) groups excluding carboxylic acids is 2. The van der Waals surface area contributed by atoms with E-state index in [2.05, 4.69) is 5.32 Å². The summed E-state index contributed by atoms with van der Waals surface area (Å²) in [6.07, 6.45) is 1.21. The Balaban J connectivity index is 2.08. The van der Waals surface area contributed by atoms with E-state index < -0.39 is 11.8 Å². The number of β-amino-alcohol motifs (C(OH)–C–C–N with tert-alkyl or cyclic N) is 1. The highest BCUT2D eigenvalue weighted by Crippen LogP contribution is 2.31. The van der Waals surface area contributed by atoms with Crippen molar-refractivity contribution in [2.45, 2.75) is 0 Å². The number of hydrogen-bond donors (Lipinski definition) is 2. The van der Waals surface area contributed by atoms with Gasteiger partial charge in [0.1, 0.15) is 5.70 Å². The van der Waals surface area contributed by atoms with Gasteiger partial charge in [-0.3, -0.25) is 23.6 Å². The predicted molar refractivity (Wildman–Crippen MR) is 98.0 cm³/mol. The number of aryl methyl sites for hydroxylation is 2. The van der Waals surface area contributed by atoms with Crippen molar-refractivity contribution in [2.24, 2.45) is 14.1 Å². The minimum absolute atomic E-state index is 0.0495. The van der Waals surface area contributed by atoms with Gasteiger partial charge in [0.25, 0.3) is 11.8 Å². The van der Waals surface area contributed by atoms with Crippen molar-refractivity contribution < 1.29 is 14.7 Å². The Morgan fingerprint density at radius 1 is 1.08 bits per heavy atom. The summed E-state index contributed by atoms with van der Waals surface area (Å²) in [5.74, 6) is -0.957. The van der Waals surface area contributed by atoms with Gasteiger partial charge in [-0.25, -0.2) is 4.79 Å². The summed E-state index contributed by atoms with van der Waals surface area (Å²) in [5, 5.41) is 12.0. The second-order valence-electron chi connectivity index (χ2n) is 6.35. The molecule has 1 aromatic carbocycles. The summed E-state index contributed by atoms with van der Waals surface area (Å²) >= 11 is 0. The van der Waals surface area contributed by atoms with Crippen LogP contribution in [0.15, 0.2) is 28.7 Å². The first-order valence-electron chi connectivity index (χ1n) is 8.08. The second kappa shape index (κ2) is 6.34. The molecule has 0 atom stereocenters. The SMILES string of the molecule is CN(C)c1cc2c(cc1NC1=CC(=O)N(CCO)C1=O)n(C)c(=O)n2C. The number of nitrogens with one attached hydrogen (secondary N) is 1. The van der Waals surface area contributed by atoms with Crippen LogP contribution in [0.3, 0.4) is 0 Å². The van der Waals surface area contributed by atoms with E-state index in [1.807, 2.05) is 25.1 Å². The minimum atomic E-state index is -0.490. The lowest BCUT2D eigenvalue weighted by molar-refractivity contribution is -0.137. The number of rotatable bonds is 5. The van der Waals surface area contributed by atoms with Gasteiger partial charge in [0.2, 0.25) is 0 Å². The van der Waals surface area contributed by atoms with Crippen molar-refractivity contribution in [1.29, 1.82) is 0 Å². The molecule has 0 unspecified atom stereocenters. The minimum Gasteiger partial charge on any atom is -0.395 e. The molecule has 0 spiro atoms. The van der Waals surface area contributed by atoms with E-state index in [9.17, 15) is 14.4 Å². The smallest absolute Gasteiger partial charge is 0.328 e. The molecule has 2 N–H and O–H groups in total. The highest BCUT2D eigenvalue weighted by atomic mass is 16.3. The van der Waals surface area contributed by atoms with Crippen LogP contribution in [0.1, 0.15) is 0 Å². The van der Waals surface area contributed by atoms with Crippen molar-refractivity contribution >= 4 is 34.2 Å². The number of aliphatic hydroxyl groups is 1. The zero-order valence-electron chi connectivity index (χ0n) is 15.1. The van der Waals surface area contributed by atoms with Crippen LogP contribution in [0.5, 0.6) is 0 Å². The fraction of sp³-hybridized carbons (Fsp3) is 0.353. The van der Waals surface area contributed by atoms with Crippen molar-refractivity contribution in [3.8, 4) is 0 Å². The van der Waals surface area contributed by atoms with Crippen molar-refractivity contribution in [1.82, 2.24) is 14.0 Å². The molecule has 0 bridgehead atoms. The largest absolute Gasteiger partial charge is 0.395 e. The number of carbonyl (C=O) groups is 2. The molecule has 138 valence electrons. The molecule has 9 nitrogen and oxygen atoms in total. The molecule has 1 aliphatic rings. The zero-order valence-corrected chi connectivity index (χ0v) is 15.1. The van der Waals surface area contributed by atoms with Gasteiger partial charge < -0.3 is 15.3 Å². The lowest BCUT2D eigenvalue weighted by Gasteiger charge is -2.20. The van der Waals surface area contributed by atoms with E-state index in [0.717, 1.165) is 16.1 Å². The highest BCUT2D eigenvalue weighted by Gasteiger charge is 2.31. The standard InChI is InChI=1S/C17H21N5O4/c1-19(2)12-9-14-13(20(3)17(26)21(14)4)7-10(12)18-11-8-15(24)22(5-6-23)16(11)25/h7-9,18,23H,5-6H2,1-4H3. The van der Waals surface area contributed by atoms with Crippen LogP contribution in [-0.4, -0.2) is 58.2 Å². The van der Waals surface area contributed by atoms with Gasteiger partial charge >= 0.3 is 5.69 Å². The normalized spacial score (nSPS) is 14.3. The van der Waals surface area contributed by atoms with Crippen LogP contribution < -0.4 is 15.9 Å². The Hall–Kier alpha value is -3.07. The first kappa shape index (κ1) is 17.7. The van der Waals surface area contributed by atoms with Crippen molar-refractivity contribution in [2.75, 3.05) is 37.5 Å². The van der Waals surface area contributed by atoms with Crippen molar-refractivity contribution in [3.63, 3.8) is 0 Å². The molecule has 26 heavy (non-hydrogen) atoms. The molecule has 0 saturated heterocycles. The van der Waals surface area contributed by atoms with Crippen LogP contribution in [-0.2, 0) is 23.7 Å². The third-order valence-corrected chi connectivity index (χ3v) is 4.47. The summed E-state index contributed by atoms with van der Waals surface area (Å²) in [7, 11) is 7.07. The summed E-state index contributed by atoms with van der Waals surface area (Å²) in [6.45, 7) is -0.342. The average molecular weight is 359 g/mol. The number of fused-ring (bicyclic) bond motifs is 1. The average Bonchev–Trinajstić information content (AvgIpc) is 2.97. The van der Waals surface area contributed by atoms with Crippen molar-refractivity contribution in [3.05, 3.63) is 34.4 Å². The number of aliphatic hydroxyl groups excluding tert-OH is 1. The molecule has 3 rings (SSSR count). The van der Waals surface area contributed by atoms with Gasteiger partial charge in [-0.2, -0.15) is 0 Å². The molecule has 2 aromatic rings. The molecule has 0 radical (unpaired) electrons. The zero-order chi connectivity index (χ0) is 19.2. The van der Waals surface area contributed by atoms with Gasteiger partial charge in [0.05, 0.1) is 35.6 Å². The van der Waals surface area contributed by atoms with E-state index in [1.165, 1.54) is 10.6 Å². The van der Waals surface area contributed by atoms with E-state index in [-0.39, 0.29) is 24.5 Å². The Morgan fingerprint density at radius 3 is 2.27 bits per heavy atom. The van der Waals surface area contributed by atoms with Crippen LogP contribution >= 0.6 is 0 Å². The number of nitrogens with zero attached hydrogens (tertiary/aromatic N) is 4. The number of benzene rings is 1. The summed E-state index contributed by atoms with van der Waals surface area (Å²) < 4.78 is 3.08. The molecule has 0 fully saturated rings. The number of amides is 2. The Morgan fingerprint density at radius 2 is 1.69 bits per heavy atom. The number of anilines is 2. The Labute approximate surface area is 149 Å². The summed E-state index contributed by atoms with van der Waals surface area (Å²) in [6, 6.07) is 3.63. The number of imidazole rings is 1. The summed E-state index contributed by atoms with van der Waals surface area (Å²) in [4.78, 5) is 39.3. The molecule has 2 heterocycles. The molecule has 0 saturated carbocycles. The van der Waals surface area contributed by atoms with Crippen LogP contribution in [0.2, 0.25) is 0 Å². The molecular formula is C17H21N5O4. The third-order valence-electron chi connectivity index (χ3n) is 4.47. The monoisotopic (exact) mass is 359 g/mol. The third kappa shape index (κ3) is 2.66. The molecular weight excluding hydrogens is 338 g/mol. The lowest BCUT2D eigenvalue weighted by atomic mass is 10.2. The van der Waals surface area contributed by atoms with Gasteiger partial charge in [0.15, 0.2) is 0 Å². The van der Waals surface area contributed by atoms with Gasteiger partial charge in [-0.15, -0.1) is 0 Å². The van der Waals surface area contributed by atoms with E-state index in [4.69, 9.17) is 5.11 Å². The number of hydrogen-bond acceptors (Lipinski definition) is 6.